The van der Waals surface area contributed by atoms with Crippen LogP contribution >= 0.6 is 11.8 Å². The number of carbonyl (C=O) groups is 4. The third kappa shape index (κ3) is 4.37. The van der Waals surface area contributed by atoms with Gasteiger partial charge in [-0.2, -0.15) is 0 Å². The molecule has 11 heteroatoms. The van der Waals surface area contributed by atoms with E-state index in [2.05, 4.69) is 9.97 Å². The number of esters is 1. The predicted molar refractivity (Wildman–Crippen MR) is 136 cm³/mol. The lowest BCUT2D eigenvalue weighted by molar-refractivity contribution is -0.121. The van der Waals surface area contributed by atoms with Gasteiger partial charge >= 0.3 is 5.97 Å². The van der Waals surface area contributed by atoms with Crippen LogP contribution < -0.4 is 14.4 Å². The fourth-order valence-electron chi connectivity index (χ4n) is 4.28. The Morgan fingerprint density at radius 1 is 1.08 bits per heavy atom. The summed E-state index contributed by atoms with van der Waals surface area (Å²) in [5.74, 6) is -0.923. The minimum atomic E-state index is -0.765. The highest BCUT2D eigenvalue weighted by Crippen LogP contribution is 2.36. The molecule has 2 aliphatic heterocycles. The molecule has 0 radical (unpaired) electrons. The summed E-state index contributed by atoms with van der Waals surface area (Å²) in [7, 11) is 0. The van der Waals surface area contributed by atoms with Crippen molar-refractivity contribution in [3.63, 3.8) is 0 Å². The number of benzene rings is 2. The van der Waals surface area contributed by atoms with E-state index in [1.54, 1.807) is 36.5 Å². The monoisotopic (exact) mass is 529 g/mol. The van der Waals surface area contributed by atoms with Gasteiger partial charge in [-0.25, -0.2) is 14.7 Å². The van der Waals surface area contributed by atoms with Crippen molar-refractivity contribution in [3.05, 3.63) is 78.1 Å². The van der Waals surface area contributed by atoms with Gasteiger partial charge in [0.15, 0.2) is 23.9 Å². The van der Waals surface area contributed by atoms with E-state index in [1.807, 2.05) is 12.1 Å². The highest BCUT2D eigenvalue weighted by atomic mass is 32.2. The molecule has 0 bridgehead atoms. The van der Waals surface area contributed by atoms with E-state index in [0.717, 1.165) is 27.6 Å². The number of rotatable bonds is 7. The maximum atomic E-state index is 13.2. The van der Waals surface area contributed by atoms with Crippen molar-refractivity contribution in [3.8, 4) is 11.5 Å². The van der Waals surface area contributed by atoms with Gasteiger partial charge in [-0.05, 0) is 53.9 Å². The number of ketones is 1. The zero-order valence-corrected chi connectivity index (χ0v) is 20.5. The van der Waals surface area contributed by atoms with E-state index >= 15 is 0 Å². The molecule has 1 saturated heterocycles. The van der Waals surface area contributed by atoms with Crippen molar-refractivity contribution in [2.45, 2.75) is 16.7 Å². The molecule has 2 aromatic carbocycles. The number of hydrogen-bond donors (Lipinski definition) is 1. The summed E-state index contributed by atoms with van der Waals surface area (Å²) in [6.45, 7) is -0.411. The zero-order valence-electron chi connectivity index (χ0n) is 19.7. The van der Waals surface area contributed by atoms with Crippen LogP contribution in [0.4, 0.5) is 5.69 Å². The number of amides is 2. The fraction of sp³-hybridized carbons (Fsp3) is 0.148. The lowest BCUT2D eigenvalue weighted by Crippen LogP contribution is -2.31. The maximum Gasteiger partial charge on any atom is 0.341 e. The van der Waals surface area contributed by atoms with Crippen LogP contribution in [-0.4, -0.2) is 52.2 Å². The van der Waals surface area contributed by atoms with Crippen LogP contribution in [0, 0.1) is 0 Å². The van der Waals surface area contributed by atoms with Crippen molar-refractivity contribution < 1.29 is 33.4 Å². The summed E-state index contributed by atoms with van der Waals surface area (Å²) in [4.78, 5) is 59.9. The summed E-state index contributed by atoms with van der Waals surface area (Å²) < 4.78 is 15.8. The molecular weight excluding hydrogens is 510 g/mol. The molecule has 0 aliphatic carbocycles. The molecule has 4 aromatic rings. The number of thioether (sulfide) groups is 1. The van der Waals surface area contributed by atoms with E-state index in [-0.39, 0.29) is 29.7 Å². The molecule has 190 valence electrons. The molecule has 1 N–H and O–H groups in total. The normalized spacial score (nSPS) is 16.3. The van der Waals surface area contributed by atoms with Gasteiger partial charge in [0.1, 0.15) is 5.03 Å². The molecule has 38 heavy (non-hydrogen) atoms. The number of ether oxygens (including phenoxy) is 3. The van der Waals surface area contributed by atoms with Crippen molar-refractivity contribution >= 4 is 51.9 Å². The first-order valence-electron chi connectivity index (χ1n) is 11.6. The Labute approximate surface area is 219 Å². The number of aromatic nitrogens is 2. The van der Waals surface area contributed by atoms with Crippen LogP contribution in [0.15, 0.2) is 72.0 Å². The third-order valence-electron chi connectivity index (χ3n) is 6.18. The van der Waals surface area contributed by atoms with Gasteiger partial charge in [-0.15, -0.1) is 0 Å². The van der Waals surface area contributed by atoms with Gasteiger partial charge in [-0.1, -0.05) is 17.8 Å². The highest BCUT2D eigenvalue weighted by Gasteiger charge is 2.41. The number of imide groups is 1. The lowest BCUT2D eigenvalue weighted by atomic mass is 10.1. The predicted octanol–water partition coefficient (Wildman–Crippen LogP) is 3.76. The maximum absolute atomic E-state index is 13.2. The molecule has 0 spiro atoms. The molecule has 10 nitrogen and oxygen atoms in total. The number of anilines is 1. The van der Waals surface area contributed by atoms with Gasteiger partial charge in [0.25, 0.3) is 0 Å². The number of Topliss-reactive ketones (excluding diaryl/α,β-unsaturated/α-hetero) is 1. The zero-order chi connectivity index (χ0) is 26.2. The molecule has 6 rings (SSSR count). The molecule has 2 amide bonds. The standard InChI is InChI=1S/C27H19N3O7S/c31-20(16-4-6-21-22(10-16)37-14-36-21)13-35-27(34)18-2-1-8-29-25(18)38-23-12-24(32)30(26(23)33)17-5-3-15-7-9-28-19(15)11-17/h1-11,23,28H,12-14H2. The number of aromatic amines is 1. The van der Waals surface area contributed by atoms with Crippen LogP contribution in [0.1, 0.15) is 27.1 Å². The second kappa shape index (κ2) is 9.67. The minimum Gasteiger partial charge on any atom is -0.454 e. The molecule has 4 heterocycles. The van der Waals surface area contributed by atoms with E-state index in [1.165, 1.54) is 18.3 Å². The highest BCUT2D eigenvalue weighted by molar-refractivity contribution is 8.00. The summed E-state index contributed by atoms with van der Waals surface area (Å²) in [6, 6.07) is 15.0. The van der Waals surface area contributed by atoms with Crippen LogP contribution in [0.3, 0.4) is 0 Å². The fourth-order valence-corrected chi connectivity index (χ4v) is 5.38. The van der Waals surface area contributed by atoms with Gasteiger partial charge in [0.05, 0.1) is 16.5 Å². The molecule has 0 saturated carbocycles. The van der Waals surface area contributed by atoms with E-state index in [4.69, 9.17) is 14.2 Å². The minimum absolute atomic E-state index is 0.0417. The number of pyridine rings is 1. The first kappa shape index (κ1) is 23.7. The van der Waals surface area contributed by atoms with Gasteiger partial charge in [0.2, 0.25) is 18.6 Å². The van der Waals surface area contributed by atoms with E-state index in [9.17, 15) is 19.2 Å². The third-order valence-corrected chi connectivity index (χ3v) is 7.38. The lowest BCUT2D eigenvalue weighted by Gasteiger charge is -2.15. The first-order valence-corrected chi connectivity index (χ1v) is 12.5. The van der Waals surface area contributed by atoms with E-state index < -0.39 is 29.5 Å². The molecule has 2 aliphatic rings. The molecule has 1 unspecified atom stereocenters. The summed E-state index contributed by atoms with van der Waals surface area (Å²) in [5, 5.41) is 0.437. The second-order valence-corrected chi connectivity index (χ2v) is 9.74. The van der Waals surface area contributed by atoms with Crippen LogP contribution in [-0.2, 0) is 14.3 Å². The van der Waals surface area contributed by atoms with Crippen LogP contribution in [0.25, 0.3) is 10.9 Å². The average Bonchev–Trinajstić information content (AvgIpc) is 3.65. The quantitative estimate of drug-likeness (QED) is 0.216. The van der Waals surface area contributed by atoms with Crippen LogP contribution in [0.5, 0.6) is 11.5 Å². The topological polar surface area (TPSA) is 128 Å². The molecule has 1 atom stereocenters. The summed E-state index contributed by atoms with van der Waals surface area (Å²) in [5.41, 5.74) is 1.70. The Hall–Kier alpha value is -4.64. The molecular formula is C27H19N3O7S. The van der Waals surface area contributed by atoms with Crippen LogP contribution in [0.2, 0.25) is 0 Å². The Morgan fingerprint density at radius 2 is 1.95 bits per heavy atom. The Kier molecular flexibility index (Phi) is 6.04. The first-order chi connectivity index (χ1) is 18.5. The second-order valence-electron chi connectivity index (χ2n) is 8.55. The number of H-pyrrole nitrogens is 1. The Balaban J connectivity index is 1.14. The number of hydrogen-bond acceptors (Lipinski definition) is 9. The number of fused-ring (bicyclic) bond motifs is 2. The number of carbonyl (C=O) groups excluding carboxylic acids is 4. The average molecular weight is 530 g/mol. The smallest absolute Gasteiger partial charge is 0.341 e. The van der Waals surface area contributed by atoms with Gasteiger partial charge in [-0.3, -0.25) is 14.4 Å². The summed E-state index contributed by atoms with van der Waals surface area (Å²) in [6.07, 6.45) is 3.22. The van der Waals surface area contributed by atoms with Crippen molar-refractivity contribution in [2.75, 3.05) is 18.3 Å². The van der Waals surface area contributed by atoms with Crippen molar-refractivity contribution in [2.24, 2.45) is 0 Å². The molecule has 1 fully saturated rings. The number of nitrogens with one attached hydrogen (secondary N) is 1. The summed E-state index contributed by atoms with van der Waals surface area (Å²) >= 11 is 1.02. The van der Waals surface area contributed by atoms with E-state index in [0.29, 0.717) is 22.7 Å². The van der Waals surface area contributed by atoms with Gasteiger partial charge in [0, 0.05) is 29.9 Å². The van der Waals surface area contributed by atoms with Crippen molar-refractivity contribution in [1.82, 2.24) is 9.97 Å². The largest absolute Gasteiger partial charge is 0.454 e. The molecule has 2 aromatic heterocycles. The van der Waals surface area contributed by atoms with Gasteiger partial charge < -0.3 is 19.2 Å². The number of nitrogens with zero attached hydrogens (tertiary/aromatic N) is 2. The van der Waals surface area contributed by atoms with Crippen molar-refractivity contribution in [1.29, 1.82) is 0 Å². The Morgan fingerprint density at radius 3 is 2.84 bits per heavy atom. The Bertz CT molecular complexity index is 1620. The SMILES string of the molecule is O=C(COC(=O)c1cccnc1SC1CC(=O)N(c2ccc3cc[nH]c3c2)C1=O)c1ccc2c(c1)OCO2.